The summed E-state index contributed by atoms with van der Waals surface area (Å²) >= 11 is 1.40. The Balaban J connectivity index is 1.66. The van der Waals surface area contributed by atoms with Gasteiger partial charge in [-0.25, -0.2) is 9.78 Å². The third kappa shape index (κ3) is 3.44. The van der Waals surface area contributed by atoms with E-state index in [9.17, 15) is 14.7 Å². The lowest BCUT2D eigenvalue weighted by Gasteiger charge is -2.33. The van der Waals surface area contributed by atoms with Gasteiger partial charge < -0.3 is 14.8 Å². The fraction of sp³-hybridized carbons (Fsp3) is 0.438. The predicted molar refractivity (Wildman–Crippen MR) is 85.1 cm³/mol. The second-order valence-electron chi connectivity index (χ2n) is 5.79. The van der Waals surface area contributed by atoms with Crippen LogP contribution < -0.4 is 5.32 Å². The van der Waals surface area contributed by atoms with Gasteiger partial charge in [0.1, 0.15) is 5.54 Å². The van der Waals surface area contributed by atoms with Crippen molar-refractivity contribution in [2.45, 2.75) is 44.1 Å². The van der Waals surface area contributed by atoms with E-state index in [4.69, 9.17) is 4.42 Å². The smallest absolute Gasteiger partial charge is 0.329 e. The molecule has 7 heteroatoms. The van der Waals surface area contributed by atoms with E-state index >= 15 is 0 Å². The summed E-state index contributed by atoms with van der Waals surface area (Å²) in [5.41, 5.74) is -0.495. The van der Waals surface area contributed by atoms with Crippen LogP contribution in [0, 0.1) is 0 Å². The summed E-state index contributed by atoms with van der Waals surface area (Å²) < 4.78 is 5.28. The summed E-state index contributed by atoms with van der Waals surface area (Å²) in [6, 6.07) is 3.59. The maximum Gasteiger partial charge on any atom is 0.329 e. The van der Waals surface area contributed by atoms with Crippen molar-refractivity contribution < 1.29 is 19.1 Å². The van der Waals surface area contributed by atoms with Crippen molar-refractivity contribution in [1.82, 2.24) is 10.3 Å². The van der Waals surface area contributed by atoms with Gasteiger partial charge in [-0.3, -0.25) is 4.79 Å². The zero-order valence-electron chi connectivity index (χ0n) is 12.6. The van der Waals surface area contributed by atoms with Crippen molar-refractivity contribution in [1.29, 1.82) is 0 Å². The van der Waals surface area contributed by atoms with E-state index in [-0.39, 0.29) is 12.3 Å². The highest BCUT2D eigenvalue weighted by atomic mass is 32.1. The molecular weight excluding hydrogens is 316 g/mol. The van der Waals surface area contributed by atoms with E-state index in [1.54, 1.807) is 17.7 Å². The van der Waals surface area contributed by atoms with Gasteiger partial charge in [0.2, 0.25) is 5.91 Å². The van der Waals surface area contributed by atoms with Gasteiger partial charge in [-0.05, 0) is 25.0 Å². The molecule has 1 aliphatic carbocycles. The summed E-state index contributed by atoms with van der Waals surface area (Å²) in [6.45, 7) is 0. The highest BCUT2D eigenvalue weighted by Gasteiger charge is 2.40. The lowest BCUT2D eigenvalue weighted by molar-refractivity contribution is -0.149. The van der Waals surface area contributed by atoms with Crippen LogP contribution >= 0.6 is 11.3 Å². The zero-order valence-corrected chi connectivity index (χ0v) is 13.4. The highest BCUT2D eigenvalue weighted by Crippen LogP contribution is 2.29. The van der Waals surface area contributed by atoms with Gasteiger partial charge in [-0.1, -0.05) is 19.3 Å². The van der Waals surface area contributed by atoms with E-state index in [0.29, 0.717) is 29.3 Å². The third-order valence-electron chi connectivity index (χ3n) is 4.12. The predicted octanol–water partition coefficient (Wildman–Crippen LogP) is 2.85. The van der Waals surface area contributed by atoms with Gasteiger partial charge in [-0.2, -0.15) is 0 Å². The Kier molecular flexibility index (Phi) is 4.47. The molecule has 0 saturated heterocycles. The highest BCUT2D eigenvalue weighted by molar-refractivity contribution is 7.13. The SMILES string of the molecule is O=C(Cc1csc(-c2ccco2)n1)NC1(C(=O)O)CCCCC1. The first-order valence-electron chi connectivity index (χ1n) is 7.62. The first kappa shape index (κ1) is 15.7. The quantitative estimate of drug-likeness (QED) is 0.877. The number of aromatic nitrogens is 1. The van der Waals surface area contributed by atoms with Gasteiger partial charge in [0.05, 0.1) is 18.4 Å². The number of carboxylic acid groups (broad SMARTS) is 1. The Bertz CT molecular complexity index is 687. The largest absolute Gasteiger partial charge is 0.480 e. The number of amides is 1. The number of thiazole rings is 1. The number of nitrogens with zero attached hydrogens (tertiary/aromatic N) is 1. The number of hydrogen-bond donors (Lipinski definition) is 2. The molecular formula is C16H18N2O4S. The maximum atomic E-state index is 12.3. The molecule has 1 fully saturated rings. The van der Waals surface area contributed by atoms with Crippen LogP contribution in [0.4, 0.5) is 0 Å². The monoisotopic (exact) mass is 334 g/mol. The molecule has 0 unspecified atom stereocenters. The first-order chi connectivity index (χ1) is 11.1. The average molecular weight is 334 g/mol. The van der Waals surface area contributed by atoms with E-state index in [0.717, 1.165) is 19.3 Å². The van der Waals surface area contributed by atoms with Crippen molar-refractivity contribution in [2.24, 2.45) is 0 Å². The third-order valence-corrected chi connectivity index (χ3v) is 5.03. The second kappa shape index (κ2) is 6.54. The van der Waals surface area contributed by atoms with Crippen molar-refractivity contribution in [3.05, 3.63) is 29.5 Å². The minimum atomic E-state index is -1.12. The van der Waals surface area contributed by atoms with E-state index in [2.05, 4.69) is 10.3 Å². The summed E-state index contributed by atoms with van der Waals surface area (Å²) in [7, 11) is 0. The second-order valence-corrected chi connectivity index (χ2v) is 6.65. The Hall–Kier alpha value is -2.15. The molecule has 6 nitrogen and oxygen atoms in total. The van der Waals surface area contributed by atoms with Crippen LogP contribution in [-0.2, 0) is 16.0 Å². The molecule has 3 rings (SSSR count). The topological polar surface area (TPSA) is 92.4 Å². The summed E-state index contributed by atoms with van der Waals surface area (Å²) in [4.78, 5) is 28.2. The van der Waals surface area contributed by atoms with E-state index in [1.807, 2.05) is 6.07 Å². The van der Waals surface area contributed by atoms with Crippen molar-refractivity contribution in [2.75, 3.05) is 0 Å². The lowest BCUT2D eigenvalue weighted by Crippen LogP contribution is -2.56. The number of carboxylic acids is 1. The summed E-state index contributed by atoms with van der Waals surface area (Å²) in [5, 5.41) is 14.7. The van der Waals surface area contributed by atoms with Gasteiger partial charge >= 0.3 is 5.97 Å². The number of furan rings is 1. The molecule has 0 aromatic carbocycles. The zero-order chi connectivity index (χ0) is 16.3. The van der Waals surface area contributed by atoms with Crippen LogP contribution in [-0.4, -0.2) is 27.5 Å². The minimum absolute atomic E-state index is 0.0756. The van der Waals surface area contributed by atoms with Crippen LogP contribution in [0.3, 0.4) is 0 Å². The Morgan fingerprint density at radius 1 is 1.35 bits per heavy atom. The standard InChI is InChI=1S/C16H18N2O4S/c19-13(18-16(15(20)21)6-2-1-3-7-16)9-11-10-23-14(17-11)12-5-4-8-22-12/h4-5,8,10H,1-3,6-7,9H2,(H,18,19)(H,20,21). The van der Waals surface area contributed by atoms with Crippen LogP contribution in [0.1, 0.15) is 37.8 Å². The normalized spacial score (nSPS) is 16.9. The van der Waals surface area contributed by atoms with Gasteiger partial charge in [0.15, 0.2) is 10.8 Å². The molecule has 1 saturated carbocycles. The van der Waals surface area contributed by atoms with Crippen molar-refractivity contribution >= 4 is 23.2 Å². The molecule has 1 aliphatic rings. The van der Waals surface area contributed by atoms with Gasteiger partial charge in [-0.15, -0.1) is 11.3 Å². The van der Waals surface area contributed by atoms with Crippen LogP contribution in [0.15, 0.2) is 28.2 Å². The fourth-order valence-electron chi connectivity index (χ4n) is 2.92. The number of carbonyl (C=O) groups is 2. The molecule has 2 N–H and O–H groups in total. The van der Waals surface area contributed by atoms with Crippen molar-refractivity contribution in [3.63, 3.8) is 0 Å². The fourth-order valence-corrected chi connectivity index (χ4v) is 3.71. The maximum absolute atomic E-state index is 12.3. The molecule has 122 valence electrons. The summed E-state index contributed by atoms with van der Waals surface area (Å²) in [5.74, 6) is -0.582. The molecule has 2 aromatic rings. The van der Waals surface area contributed by atoms with E-state index in [1.165, 1.54) is 11.3 Å². The molecule has 0 atom stereocenters. The molecule has 2 heterocycles. The number of hydrogen-bond acceptors (Lipinski definition) is 5. The molecule has 0 spiro atoms. The molecule has 0 bridgehead atoms. The molecule has 1 amide bonds. The molecule has 0 aliphatic heterocycles. The Morgan fingerprint density at radius 3 is 2.78 bits per heavy atom. The number of aliphatic carboxylic acids is 1. The number of carbonyl (C=O) groups excluding carboxylic acids is 1. The molecule has 2 aromatic heterocycles. The number of rotatable bonds is 5. The first-order valence-corrected chi connectivity index (χ1v) is 8.50. The van der Waals surface area contributed by atoms with Crippen LogP contribution in [0.25, 0.3) is 10.8 Å². The van der Waals surface area contributed by atoms with E-state index < -0.39 is 11.5 Å². The summed E-state index contributed by atoms with van der Waals surface area (Å²) in [6.07, 6.45) is 5.29. The average Bonchev–Trinajstić information content (AvgIpc) is 3.18. The van der Waals surface area contributed by atoms with Gasteiger partial charge in [0.25, 0.3) is 0 Å². The number of nitrogens with one attached hydrogen (secondary N) is 1. The molecule has 23 heavy (non-hydrogen) atoms. The van der Waals surface area contributed by atoms with Gasteiger partial charge in [0, 0.05) is 5.38 Å². The van der Waals surface area contributed by atoms with Crippen LogP contribution in [0.5, 0.6) is 0 Å². The molecule has 0 radical (unpaired) electrons. The van der Waals surface area contributed by atoms with Crippen molar-refractivity contribution in [3.8, 4) is 10.8 Å². The van der Waals surface area contributed by atoms with Crippen LogP contribution in [0.2, 0.25) is 0 Å². The Labute approximate surface area is 137 Å². The lowest BCUT2D eigenvalue weighted by atomic mass is 9.81. The Morgan fingerprint density at radius 2 is 2.13 bits per heavy atom. The minimum Gasteiger partial charge on any atom is -0.480 e.